The van der Waals surface area contributed by atoms with E-state index in [0.717, 1.165) is 0 Å². The Morgan fingerprint density at radius 1 is 0.632 bits per heavy atom. The average Bonchev–Trinajstić information content (AvgIpc) is 1.98. The van der Waals surface area contributed by atoms with Crippen LogP contribution in [0, 0.1) is 0 Å². The Morgan fingerprint density at radius 3 is 0.895 bits per heavy atom. The minimum atomic E-state index is -7.32. The summed E-state index contributed by atoms with van der Waals surface area (Å²) in [6, 6.07) is 0. The van der Waals surface area contributed by atoms with E-state index in [9.17, 15) is 52.3 Å². The van der Waals surface area contributed by atoms with E-state index in [-0.39, 0.29) is 59.1 Å². The van der Waals surface area contributed by atoms with Gasteiger partial charge in [-0.1, -0.05) is 0 Å². The fraction of sp³-hybridized carbons (Fsp3) is 1.00. The zero-order chi connectivity index (χ0) is 14.5. The molecular weight excluding hydrogens is 356 g/mol. The van der Waals surface area contributed by atoms with Gasteiger partial charge in [-0.25, -0.2) is 16.8 Å². The Labute approximate surface area is 147 Å². The molecule has 0 aromatic rings. The predicted octanol–water partition coefficient (Wildman–Crippen LogP) is -6.09. The van der Waals surface area contributed by atoms with Gasteiger partial charge in [-0.05, 0) is 0 Å². The maximum atomic E-state index is 12.3. The largest absolute Gasteiger partial charge is 1.00 e. The molecule has 0 heterocycles. The van der Waals surface area contributed by atoms with Crippen LogP contribution in [0.5, 0.6) is 0 Å². The fourth-order valence-electron chi connectivity index (χ4n) is 0.483. The summed E-state index contributed by atoms with van der Waals surface area (Å²) in [6.45, 7) is 0. The quantitative estimate of drug-likeness (QED) is 0.281. The number of hydrogen-bond donors (Lipinski definition) is 0. The van der Waals surface area contributed by atoms with Gasteiger partial charge >= 0.3 is 75.5 Å². The van der Waals surface area contributed by atoms with Crippen LogP contribution >= 0.6 is 0 Å². The van der Waals surface area contributed by atoms with Crippen LogP contribution in [0.1, 0.15) is 0 Å². The molecule has 0 atom stereocenters. The van der Waals surface area contributed by atoms with E-state index < -0.39 is 36.7 Å². The molecule has 0 aliphatic heterocycles. The van der Waals surface area contributed by atoms with Crippen molar-refractivity contribution in [1.29, 1.82) is 0 Å². The van der Waals surface area contributed by atoms with E-state index in [4.69, 9.17) is 0 Å². The van der Waals surface area contributed by atoms with E-state index in [2.05, 4.69) is 0 Å². The fourth-order valence-corrected chi connectivity index (χ4v) is 1.43. The van der Waals surface area contributed by atoms with Crippen molar-refractivity contribution in [2.75, 3.05) is 0 Å². The molecule has 104 valence electrons. The van der Waals surface area contributed by atoms with Crippen LogP contribution in [0.15, 0.2) is 0 Å². The first-order valence-corrected chi connectivity index (χ1v) is 5.86. The van der Waals surface area contributed by atoms with E-state index in [0.29, 0.717) is 0 Å². The Morgan fingerprint density at radius 2 is 0.789 bits per heavy atom. The zero-order valence-corrected chi connectivity index (χ0v) is 14.7. The molecule has 0 saturated heterocycles. The molecule has 6 nitrogen and oxygen atoms in total. The minimum absolute atomic E-state index is 0. The van der Waals surface area contributed by atoms with Gasteiger partial charge < -0.3 is 9.11 Å². The smallest absolute Gasteiger partial charge is 0.743 e. The second kappa shape index (κ2) is 6.66. The summed E-state index contributed by atoms with van der Waals surface area (Å²) < 4.78 is 131. The van der Waals surface area contributed by atoms with Crippen molar-refractivity contribution in [2.24, 2.45) is 0 Å². The molecule has 0 amide bonds. The summed E-state index contributed by atoms with van der Waals surface area (Å²) in [4.78, 5) is 0. The molecule has 0 aliphatic carbocycles. The number of halogens is 6. The van der Waals surface area contributed by atoms with Crippen molar-refractivity contribution in [3.05, 3.63) is 0 Å². The monoisotopic (exact) mass is 356 g/mol. The third-order valence-corrected chi connectivity index (χ3v) is 3.13. The molecule has 0 saturated carbocycles. The molecule has 16 heteroatoms. The van der Waals surface area contributed by atoms with Crippen molar-refractivity contribution in [3.8, 4) is 0 Å². The van der Waals surface area contributed by atoms with Crippen LogP contribution in [0.3, 0.4) is 0 Å². The van der Waals surface area contributed by atoms with Crippen LogP contribution in [-0.4, -0.2) is 42.4 Å². The molecule has 0 unspecified atom stereocenters. The predicted molar refractivity (Wildman–Crippen MR) is 34.2 cm³/mol. The molecule has 0 aliphatic rings. The van der Waals surface area contributed by atoms with Gasteiger partial charge in [-0.15, -0.1) is 0 Å². The normalized spacial score (nSPS) is 14.3. The summed E-state index contributed by atoms with van der Waals surface area (Å²) in [6.07, 6.45) is 0. The van der Waals surface area contributed by atoms with Crippen molar-refractivity contribution in [2.45, 2.75) is 16.4 Å². The first kappa shape index (κ1) is 25.4. The number of rotatable bonds is 4. The maximum absolute atomic E-state index is 12.3. The first-order chi connectivity index (χ1) is 7.00. The number of hydrogen-bond acceptors (Lipinski definition) is 6. The molecule has 0 N–H and O–H groups in total. The van der Waals surface area contributed by atoms with Crippen molar-refractivity contribution < 1.29 is 111 Å². The SMILES string of the molecule is O=S(=O)([O-])C(F)(F)C(F)(F)C(F)(F)S(=O)(=O)[O-].[Na+].[Na+]. The molecular formula is C3F6Na2O6S2. The average molecular weight is 356 g/mol. The first-order valence-electron chi connectivity index (χ1n) is 3.04. The van der Waals surface area contributed by atoms with E-state index in [1.54, 1.807) is 0 Å². The van der Waals surface area contributed by atoms with Gasteiger partial charge in [0.15, 0.2) is 20.2 Å². The standard InChI is InChI=1S/C3H2F6O6S2.2Na/c4-1(5,2(6,7)16(10,11)12)3(8,9)17(13,14)15;;/h(H,10,11,12)(H,13,14,15);;/q;2*+1/p-2. The third-order valence-electron chi connectivity index (χ3n) is 1.36. The van der Waals surface area contributed by atoms with Crippen LogP contribution in [-0.2, 0) is 20.2 Å². The summed E-state index contributed by atoms with van der Waals surface area (Å²) in [5.41, 5.74) is 0. The Balaban J connectivity index is -0.00000128. The Hall–Kier alpha value is 1.40. The third kappa shape index (κ3) is 4.20. The van der Waals surface area contributed by atoms with Crippen LogP contribution < -0.4 is 59.1 Å². The minimum Gasteiger partial charge on any atom is -0.743 e. The second-order valence-corrected chi connectivity index (χ2v) is 5.36. The molecule has 0 rings (SSSR count). The van der Waals surface area contributed by atoms with Gasteiger partial charge in [0.1, 0.15) is 0 Å². The summed E-state index contributed by atoms with van der Waals surface area (Å²) >= 11 is 0. The topological polar surface area (TPSA) is 114 Å². The Kier molecular flexibility index (Phi) is 8.89. The number of alkyl halides is 6. The Bertz CT molecular complexity index is 467. The molecule has 19 heavy (non-hydrogen) atoms. The zero-order valence-electron chi connectivity index (χ0n) is 9.03. The summed E-state index contributed by atoms with van der Waals surface area (Å²) in [7, 11) is -14.6. The molecule has 0 bridgehead atoms. The second-order valence-electron chi connectivity index (χ2n) is 2.52. The summed E-state index contributed by atoms with van der Waals surface area (Å²) in [5.74, 6) is -7.21. The van der Waals surface area contributed by atoms with Crippen LogP contribution in [0.4, 0.5) is 26.3 Å². The van der Waals surface area contributed by atoms with Crippen molar-refractivity contribution >= 4 is 20.2 Å². The van der Waals surface area contributed by atoms with Gasteiger partial charge in [0.2, 0.25) is 0 Å². The van der Waals surface area contributed by atoms with Gasteiger partial charge in [0.05, 0.1) is 0 Å². The maximum Gasteiger partial charge on any atom is 1.00 e. The molecule has 0 spiro atoms. The van der Waals surface area contributed by atoms with Gasteiger partial charge in [-0.3, -0.25) is 0 Å². The molecule has 0 aromatic heterocycles. The van der Waals surface area contributed by atoms with E-state index in [1.165, 1.54) is 0 Å². The van der Waals surface area contributed by atoms with Crippen molar-refractivity contribution in [1.82, 2.24) is 0 Å². The van der Waals surface area contributed by atoms with E-state index in [1.807, 2.05) is 0 Å². The van der Waals surface area contributed by atoms with E-state index >= 15 is 0 Å². The molecule has 0 radical (unpaired) electrons. The molecule has 0 aromatic carbocycles. The van der Waals surface area contributed by atoms with Crippen LogP contribution in [0.2, 0.25) is 0 Å². The van der Waals surface area contributed by atoms with Crippen LogP contribution in [0.25, 0.3) is 0 Å². The van der Waals surface area contributed by atoms with Gasteiger partial charge in [0.25, 0.3) is 0 Å². The molecule has 0 fully saturated rings. The van der Waals surface area contributed by atoms with Crippen molar-refractivity contribution in [3.63, 3.8) is 0 Å². The van der Waals surface area contributed by atoms with Gasteiger partial charge in [-0.2, -0.15) is 26.3 Å². The van der Waals surface area contributed by atoms with Gasteiger partial charge in [0, 0.05) is 0 Å². The summed E-state index contributed by atoms with van der Waals surface area (Å²) in [5, 5.41) is -13.9.